The van der Waals surface area contributed by atoms with Gasteiger partial charge in [0.05, 0.1) is 18.1 Å². The van der Waals surface area contributed by atoms with Crippen molar-refractivity contribution >= 4 is 18.0 Å². The number of carboxylic acids is 1. The number of aliphatic carboxylic acids is 1. The molecule has 5 aliphatic rings. The zero-order valence-electron chi connectivity index (χ0n) is 27.0. The number of allylic oxidation sites excluding steroid dienone is 4. The quantitative estimate of drug-likeness (QED) is 0.284. The highest BCUT2D eigenvalue weighted by Gasteiger charge is 2.58. The third-order valence-electron chi connectivity index (χ3n) is 13.1. The summed E-state index contributed by atoms with van der Waals surface area (Å²) in [5, 5.41) is 20.6. The van der Waals surface area contributed by atoms with E-state index in [0.717, 1.165) is 44.9 Å². The molecule has 0 aromatic rings. The second kappa shape index (κ2) is 11.5. The maximum Gasteiger partial charge on any atom is 0.314 e. The van der Waals surface area contributed by atoms with Gasteiger partial charge in [-0.1, -0.05) is 39.3 Å². The van der Waals surface area contributed by atoms with Crippen LogP contribution in [-0.4, -0.2) is 58.9 Å². The van der Waals surface area contributed by atoms with E-state index in [2.05, 4.69) is 33.8 Å². The summed E-state index contributed by atoms with van der Waals surface area (Å²) in [4.78, 5) is 38.9. The van der Waals surface area contributed by atoms with Gasteiger partial charge in [-0.3, -0.25) is 9.59 Å². The van der Waals surface area contributed by atoms with Crippen LogP contribution in [0.3, 0.4) is 0 Å². The summed E-state index contributed by atoms with van der Waals surface area (Å²) in [6.45, 7) is 12.3. The highest BCUT2D eigenvalue weighted by atomic mass is 16.5. The summed E-state index contributed by atoms with van der Waals surface area (Å²) in [6, 6.07) is -0.470. The third kappa shape index (κ3) is 5.33. The van der Waals surface area contributed by atoms with Crippen LogP contribution in [0.1, 0.15) is 112 Å². The number of aliphatic hydroxyl groups is 1. The van der Waals surface area contributed by atoms with E-state index in [0.29, 0.717) is 44.7 Å². The Labute approximate surface area is 257 Å². The van der Waals surface area contributed by atoms with Crippen LogP contribution in [0.15, 0.2) is 22.8 Å². The summed E-state index contributed by atoms with van der Waals surface area (Å²) in [7, 11) is 0. The number of hydrogen-bond donors (Lipinski definition) is 3. The lowest BCUT2D eigenvalue weighted by molar-refractivity contribution is -0.160. The van der Waals surface area contributed by atoms with Crippen LogP contribution >= 0.6 is 0 Å². The summed E-state index contributed by atoms with van der Waals surface area (Å²) in [5.41, 5.74) is 9.36. The topological polar surface area (TPSA) is 130 Å². The number of nitrogens with two attached hydrogens (primary N) is 1. The Hall–Kier alpha value is -2.35. The first-order chi connectivity index (χ1) is 20.2. The molecule has 8 nitrogen and oxygen atoms in total. The second-order valence-corrected chi connectivity index (χ2v) is 15.4. The molecule has 1 aliphatic heterocycles. The number of fused-ring (bicyclic) bond motifs is 4. The normalized spacial score (nSPS) is 35.3. The zero-order chi connectivity index (χ0) is 31.4. The molecular weight excluding hydrogens is 544 g/mol. The first-order valence-corrected chi connectivity index (χ1v) is 16.7. The fourth-order valence-electron chi connectivity index (χ4n) is 10.6. The SMILES string of the molecule is CCOC(=O)C1(C[C@H](CCC(=O)O)[C@H]2CC=C3C4=C(CC[C@@]32C)[C@@]2(C)CCC(O)C(C)(C)C2CC4)CCN(C(N)=O)CC1. The molecule has 6 atom stereocenters. The van der Waals surface area contributed by atoms with Crippen LogP contribution in [0.4, 0.5) is 4.79 Å². The molecule has 1 heterocycles. The predicted molar refractivity (Wildman–Crippen MR) is 165 cm³/mol. The van der Waals surface area contributed by atoms with Crippen molar-refractivity contribution in [2.75, 3.05) is 19.7 Å². The summed E-state index contributed by atoms with van der Waals surface area (Å²) in [6.07, 6.45) is 11.3. The van der Waals surface area contributed by atoms with Crippen molar-refractivity contribution in [3.8, 4) is 0 Å². The number of urea groups is 1. The Balaban J connectivity index is 1.45. The molecule has 43 heavy (non-hydrogen) atoms. The highest BCUT2D eigenvalue weighted by molar-refractivity contribution is 5.78. The van der Waals surface area contributed by atoms with Crippen LogP contribution in [-0.2, 0) is 14.3 Å². The average Bonchev–Trinajstić information content (AvgIpc) is 3.31. The van der Waals surface area contributed by atoms with Crippen LogP contribution in [0.2, 0.25) is 0 Å². The van der Waals surface area contributed by atoms with Crippen LogP contribution in [0, 0.1) is 39.4 Å². The number of primary amides is 1. The number of amides is 2. The highest BCUT2D eigenvalue weighted by Crippen LogP contribution is 2.67. The van der Waals surface area contributed by atoms with Crippen molar-refractivity contribution in [3.63, 3.8) is 0 Å². The zero-order valence-corrected chi connectivity index (χ0v) is 27.0. The molecule has 2 fully saturated rings. The molecule has 4 N–H and O–H groups in total. The van der Waals surface area contributed by atoms with Gasteiger partial charge >= 0.3 is 18.0 Å². The molecule has 2 amide bonds. The van der Waals surface area contributed by atoms with Gasteiger partial charge in [-0.05, 0) is 123 Å². The van der Waals surface area contributed by atoms with Gasteiger partial charge in [-0.15, -0.1) is 0 Å². The Morgan fingerprint density at radius 3 is 2.37 bits per heavy atom. The minimum absolute atomic E-state index is 0.0391. The maximum absolute atomic E-state index is 13.6. The van der Waals surface area contributed by atoms with Crippen LogP contribution in [0.25, 0.3) is 0 Å². The molecule has 0 aromatic heterocycles. The smallest absolute Gasteiger partial charge is 0.314 e. The minimum atomic E-state index is -0.808. The number of aliphatic hydroxyl groups excluding tert-OH is 1. The molecule has 0 aromatic carbocycles. The van der Waals surface area contributed by atoms with Crippen molar-refractivity contribution in [2.24, 2.45) is 45.1 Å². The fourth-order valence-corrected chi connectivity index (χ4v) is 10.6. The van der Waals surface area contributed by atoms with Gasteiger partial charge in [0.2, 0.25) is 0 Å². The molecule has 0 radical (unpaired) electrons. The van der Waals surface area contributed by atoms with Crippen molar-refractivity contribution in [3.05, 3.63) is 22.8 Å². The lowest BCUT2D eigenvalue weighted by Crippen LogP contribution is -2.53. The van der Waals surface area contributed by atoms with Gasteiger partial charge < -0.3 is 25.6 Å². The van der Waals surface area contributed by atoms with Crippen molar-refractivity contribution in [1.82, 2.24) is 4.90 Å². The largest absolute Gasteiger partial charge is 0.481 e. The number of carboxylic acid groups (broad SMARTS) is 1. The van der Waals surface area contributed by atoms with E-state index in [1.807, 2.05) is 6.92 Å². The molecule has 240 valence electrons. The van der Waals surface area contributed by atoms with E-state index in [1.54, 1.807) is 10.5 Å². The van der Waals surface area contributed by atoms with Gasteiger partial charge in [0.15, 0.2) is 0 Å². The van der Waals surface area contributed by atoms with Gasteiger partial charge in [-0.25, -0.2) is 4.79 Å². The van der Waals surface area contributed by atoms with Gasteiger partial charge in [0.1, 0.15) is 0 Å². The lowest BCUT2D eigenvalue weighted by Gasteiger charge is -2.59. The van der Waals surface area contributed by atoms with Crippen LogP contribution in [0.5, 0.6) is 0 Å². The number of piperidine rings is 1. The van der Waals surface area contributed by atoms with E-state index >= 15 is 0 Å². The number of esters is 1. The van der Waals surface area contributed by atoms with Crippen LogP contribution < -0.4 is 5.73 Å². The molecular formula is C35H54N2O6. The summed E-state index contributed by atoms with van der Waals surface area (Å²) >= 11 is 0. The number of carbonyl (C=O) groups excluding carboxylic acids is 2. The molecule has 8 heteroatoms. The Kier molecular flexibility index (Phi) is 8.60. The number of hydrogen-bond acceptors (Lipinski definition) is 5. The van der Waals surface area contributed by atoms with Crippen molar-refractivity contribution in [2.45, 2.75) is 118 Å². The molecule has 1 saturated heterocycles. The lowest BCUT2D eigenvalue weighted by atomic mass is 9.46. The minimum Gasteiger partial charge on any atom is -0.481 e. The van der Waals surface area contributed by atoms with Gasteiger partial charge in [0.25, 0.3) is 0 Å². The molecule has 5 rings (SSSR count). The molecule has 4 aliphatic carbocycles. The standard InChI is InChI=1S/C35H54N2O6/c1-6-43-30(41)35(17-19-37(20-18-35)31(36)42)21-22(7-12-29(39)40)24-9-10-25-23-8-11-27-32(2,3)28(38)14-16-34(27,5)26(23)13-15-33(24,25)4/h10,22,24,27-28,38H,6-9,11-21H2,1-5H3,(H2,36,42)(H,39,40)/t22-,24+,27?,28?,33+,34+/m0/s1. The number of ether oxygens (including phenoxy) is 1. The van der Waals surface area contributed by atoms with Crippen molar-refractivity contribution < 1.29 is 29.3 Å². The molecule has 0 spiro atoms. The fraction of sp³-hybridized carbons (Fsp3) is 0.800. The molecule has 0 bridgehead atoms. The first kappa shape index (κ1) is 32.1. The monoisotopic (exact) mass is 598 g/mol. The Bertz CT molecular complexity index is 1200. The van der Waals surface area contributed by atoms with E-state index in [-0.39, 0.29) is 53.2 Å². The van der Waals surface area contributed by atoms with Gasteiger partial charge in [-0.2, -0.15) is 0 Å². The maximum atomic E-state index is 13.6. The second-order valence-electron chi connectivity index (χ2n) is 15.4. The molecule has 2 unspecified atom stereocenters. The first-order valence-electron chi connectivity index (χ1n) is 16.7. The Morgan fingerprint density at radius 1 is 1.05 bits per heavy atom. The Morgan fingerprint density at radius 2 is 1.74 bits per heavy atom. The van der Waals surface area contributed by atoms with E-state index in [4.69, 9.17) is 10.5 Å². The van der Waals surface area contributed by atoms with E-state index < -0.39 is 17.4 Å². The van der Waals surface area contributed by atoms with E-state index in [1.165, 1.54) is 11.1 Å². The average molecular weight is 599 g/mol. The van der Waals surface area contributed by atoms with Crippen molar-refractivity contribution in [1.29, 1.82) is 0 Å². The third-order valence-corrected chi connectivity index (χ3v) is 13.1. The number of carbonyl (C=O) groups is 3. The molecule has 1 saturated carbocycles. The number of likely N-dealkylation sites (tertiary alicyclic amines) is 1. The summed E-state index contributed by atoms with van der Waals surface area (Å²) < 4.78 is 5.63. The summed E-state index contributed by atoms with van der Waals surface area (Å²) in [5.74, 6) is -0.290. The number of rotatable bonds is 8. The van der Waals surface area contributed by atoms with Gasteiger partial charge in [0, 0.05) is 19.5 Å². The van der Waals surface area contributed by atoms with E-state index in [9.17, 15) is 24.6 Å². The predicted octanol–water partition coefficient (Wildman–Crippen LogP) is 6.22. The number of nitrogens with zero attached hydrogens (tertiary/aromatic N) is 1.